The fraction of sp³-hybridized carbons (Fsp3) is 0.733. The van der Waals surface area contributed by atoms with Gasteiger partial charge in [0.15, 0.2) is 5.96 Å². The zero-order chi connectivity index (χ0) is 18.2. The molecule has 9 nitrogen and oxygen atoms in total. The highest BCUT2D eigenvalue weighted by Gasteiger charge is 2.20. The number of guanidine groups is 1. The number of hydrogen-bond acceptors (Lipinski definition) is 5. The number of aromatic nitrogens is 3. The third-order valence-corrected chi connectivity index (χ3v) is 3.15. The molecule has 0 aliphatic carbocycles. The van der Waals surface area contributed by atoms with Gasteiger partial charge < -0.3 is 20.3 Å². The van der Waals surface area contributed by atoms with Crippen molar-refractivity contribution in [2.45, 2.75) is 39.8 Å². The first-order valence-electron chi connectivity index (χ1n) is 8.02. The van der Waals surface area contributed by atoms with Crippen LogP contribution in [-0.2, 0) is 18.3 Å². The van der Waals surface area contributed by atoms with Crippen LogP contribution in [0.3, 0.4) is 0 Å². The monoisotopic (exact) mass is 339 g/mol. The van der Waals surface area contributed by atoms with E-state index in [9.17, 15) is 4.79 Å². The van der Waals surface area contributed by atoms with Crippen LogP contribution in [0, 0.1) is 0 Å². The highest BCUT2D eigenvalue weighted by molar-refractivity contribution is 5.79. The molecule has 1 aromatic rings. The van der Waals surface area contributed by atoms with Crippen LogP contribution < -0.4 is 10.6 Å². The number of ether oxygens (including phenoxy) is 1. The average Bonchev–Trinajstić information content (AvgIpc) is 2.90. The van der Waals surface area contributed by atoms with Crippen molar-refractivity contribution in [3.63, 3.8) is 0 Å². The second kappa shape index (κ2) is 9.09. The molecule has 2 N–H and O–H groups in total. The summed E-state index contributed by atoms with van der Waals surface area (Å²) in [5.41, 5.74) is -0.494. The predicted molar refractivity (Wildman–Crippen MR) is 92.7 cm³/mol. The summed E-state index contributed by atoms with van der Waals surface area (Å²) in [7, 11) is 3.53. The Morgan fingerprint density at radius 2 is 2.12 bits per heavy atom. The van der Waals surface area contributed by atoms with Crippen molar-refractivity contribution in [2.24, 2.45) is 12.0 Å². The molecule has 1 heterocycles. The van der Waals surface area contributed by atoms with Crippen LogP contribution in [0.1, 0.15) is 33.5 Å². The lowest BCUT2D eigenvalue weighted by Gasteiger charge is -2.26. The van der Waals surface area contributed by atoms with Crippen molar-refractivity contribution in [2.75, 3.05) is 26.7 Å². The average molecular weight is 339 g/mol. The summed E-state index contributed by atoms with van der Waals surface area (Å²) < 4.78 is 7.08. The number of aliphatic imine (C=N–C) groups is 1. The lowest BCUT2D eigenvalue weighted by Crippen LogP contribution is -2.44. The van der Waals surface area contributed by atoms with E-state index in [1.165, 1.54) is 6.33 Å². The number of rotatable bonds is 6. The van der Waals surface area contributed by atoms with Gasteiger partial charge in [-0.25, -0.2) is 9.78 Å². The summed E-state index contributed by atoms with van der Waals surface area (Å²) >= 11 is 0. The van der Waals surface area contributed by atoms with Gasteiger partial charge in [-0.3, -0.25) is 9.67 Å². The maximum atomic E-state index is 12.1. The minimum Gasteiger partial charge on any atom is -0.444 e. The van der Waals surface area contributed by atoms with Crippen LogP contribution in [0.4, 0.5) is 4.79 Å². The molecular weight excluding hydrogens is 310 g/mol. The van der Waals surface area contributed by atoms with E-state index in [-0.39, 0.29) is 6.09 Å². The molecule has 1 aromatic heterocycles. The Bertz CT molecular complexity index is 548. The molecule has 1 rings (SSSR count). The molecule has 0 atom stereocenters. The van der Waals surface area contributed by atoms with Crippen molar-refractivity contribution in [1.82, 2.24) is 30.3 Å². The first kappa shape index (κ1) is 19.7. The van der Waals surface area contributed by atoms with Gasteiger partial charge in [0, 0.05) is 33.7 Å². The number of likely N-dealkylation sites (N-methyl/N-ethyl adjacent to an activating group) is 1. The Kier molecular flexibility index (Phi) is 7.47. The Labute approximate surface area is 143 Å². The minimum absolute atomic E-state index is 0.311. The molecule has 24 heavy (non-hydrogen) atoms. The highest BCUT2D eigenvalue weighted by atomic mass is 16.6. The van der Waals surface area contributed by atoms with Gasteiger partial charge >= 0.3 is 6.09 Å². The molecule has 0 saturated heterocycles. The molecule has 9 heteroatoms. The Morgan fingerprint density at radius 3 is 2.62 bits per heavy atom. The minimum atomic E-state index is -0.494. The zero-order valence-corrected chi connectivity index (χ0v) is 15.5. The third-order valence-electron chi connectivity index (χ3n) is 3.15. The van der Waals surface area contributed by atoms with Gasteiger partial charge in [0.1, 0.15) is 17.8 Å². The molecule has 0 saturated carbocycles. The molecule has 1 amide bonds. The molecule has 0 bridgehead atoms. The van der Waals surface area contributed by atoms with Crippen LogP contribution in [0.5, 0.6) is 0 Å². The largest absolute Gasteiger partial charge is 0.444 e. The van der Waals surface area contributed by atoms with Gasteiger partial charge in [-0.05, 0) is 27.7 Å². The number of aryl methyl sites for hydroxylation is 1. The quantitative estimate of drug-likeness (QED) is 0.586. The molecule has 0 aromatic carbocycles. The topological polar surface area (TPSA) is 96.7 Å². The van der Waals surface area contributed by atoms with E-state index in [2.05, 4.69) is 25.7 Å². The van der Waals surface area contributed by atoms with Gasteiger partial charge in [0.05, 0.1) is 6.54 Å². The maximum Gasteiger partial charge on any atom is 0.410 e. The van der Waals surface area contributed by atoms with E-state index >= 15 is 0 Å². The number of carbonyl (C=O) groups is 1. The molecule has 136 valence electrons. The van der Waals surface area contributed by atoms with Crippen LogP contribution in [0.15, 0.2) is 11.3 Å². The van der Waals surface area contributed by atoms with Gasteiger partial charge in [0.2, 0.25) is 0 Å². The normalized spacial score (nSPS) is 12.0. The van der Waals surface area contributed by atoms with Gasteiger partial charge in [-0.15, -0.1) is 0 Å². The molecule has 0 unspecified atom stereocenters. The second-order valence-electron chi connectivity index (χ2n) is 6.21. The fourth-order valence-corrected chi connectivity index (χ4v) is 1.88. The third kappa shape index (κ3) is 6.84. The van der Waals surface area contributed by atoms with E-state index in [1.54, 1.807) is 16.6 Å². The number of nitrogens with zero attached hydrogens (tertiary/aromatic N) is 5. The van der Waals surface area contributed by atoms with Crippen LogP contribution in [0.25, 0.3) is 0 Å². The summed E-state index contributed by atoms with van der Waals surface area (Å²) in [5.74, 6) is 1.44. The summed E-state index contributed by atoms with van der Waals surface area (Å²) in [6.07, 6.45) is 1.20. The van der Waals surface area contributed by atoms with Crippen molar-refractivity contribution in [1.29, 1.82) is 0 Å². The van der Waals surface area contributed by atoms with Crippen LogP contribution in [0.2, 0.25) is 0 Å². The van der Waals surface area contributed by atoms with E-state index in [1.807, 2.05) is 34.7 Å². The number of nitrogens with one attached hydrogen (secondary N) is 2. The van der Waals surface area contributed by atoms with Gasteiger partial charge in [-0.1, -0.05) is 0 Å². The maximum absolute atomic E-state index is 12.1. The van der Waals surface area contributed by atoms with Crippen LogP contribution >= 0.6 is 0 Å². The van der Waals surface area contributed by atoms with Crippen LogP contribution in [-0.4, -0.2) is 64.0 Å². The number of carbonyl (C=O) groups excluding carboxylic acids is 1. The summed E-state index contributed by atoms with van der Waals surface area (Å²) in [4.78, 5) is 22.0. The molecule has 0 aliphatic heterocycles. The Morgan fingerprint density at radius 1 is 1.42 bits per heavy atom. The molecule has 0 aliphatic rings. The van der Waals surface area contributed by atoms with Gasteiger partial charge in [-0.2, -0.15) is 5.10 Å². The van der Waals surface area contributed by atoms with Gasteiger partial charge in [0.25, 0.3) is 0 Å². The van der Waals surface area contributed by atoms with E-state index in [0.29, 0.717) is 32.1 Å². The Hall–Kier alpha value is -2.32. The summed E-state index contributed by atoms with van der Waals surface area (Å²) in [6, 6.07) is 0. The predicted octanol–water partition coefficient (Wildman–Crippen LogP) is 0.737. The number of hydrogen-bond donors (Lipinski definition) is 2. The summed E-state index contributed by atoms with van der Waals surface area (Å²) in [5, 5.41) is 10.3. The van der Waals surface area contributed by atoms with Crippen molar-refractivity contribution < 1.29 is 9.53 Å². The lowest BCUT2D eigenvalue weighted by molar-refractivity contribution is 0.0264. The zero-order valence-electron chi connectivity index (χ0n) is 15.5. The number of amides is 1. The lowest BCUT2D eigenvalue weighted by atomic mass is 10.2. The van der Waals surface area contributed by atoms with E-state index in [4.69, 9.17) is 4.74 Å². The first-order chi connectivity index (χ1) is 11.3. The van der Waals surface area contributed by atoms with E-state index in [0.717, 1.165) is 5.82 Å². The standard InChI is InChI=1S/C15H29N7O2/c1-7-22(14(23)24-15(2,3)4)9-8-17-13(16-5)18-10-12-19-11-20-21(12)6/h11H,7-10H2,1-6H3,(H2,16,17,18). The van der Waals surface area contributed by atoms with E-state index < -0.39 is 5.60 Å². The van der Waals surface area contributed by atoms with Crippen molar-refractivity contribution in [3.05, 3.63) is 12.2 Å². The molecule has 0 spiro atoms. The van der Waals surface area contributed by atoms with Crippen molar-refractivity contribution >= 4 is 12.1 Å². The first-order valence-corrected chi connectivity index (χ1v) is 8.02. The highest BCUT2D eigenvalue weighted by Crippen LogP contribution is 2.09. The smallest absolute Gasteiger partial charge is 0.410 e. The molecular formula is C15H29N7O2. The van der Waals surface area contributed by atoms with Crippen molar-refractivity contribution in [3.8, 4) is 0 Å². The molecule has 0 fully saturated rings. The fourth-order valence-electron chi connectivity index (χ4n) is 1.88. The Balaban J connectivity index is 2.39. The molecule has 0 radical (unpaired) electrons. The summed E-state index contributed by atoms with van der Waals surface area (Å²) in [6.45, 7) is 9.67. The second-order valence-corrected chi connectivity index (χ2v) is 6.21. The SMILES string of the molecule is CCN(CCNC(=NC)NCc1ncnn1C)C(=O)OC(C)(C)C.